The van der Waals surface area contributed by atoms with Crippen LogP contribution in [0.2, 0.25) is 40.2 Å². The quantitative estimate of drug-likeness (QED) is 0.153. The summed E-state index contributed by atoms with van der Waals surface area (Å²) >= 11 is 45.0. The maximum absolute atomic E-state index is 8.64. The lowest BCUT2D eigenvalue weighted by Crippen LogP contribution is -2.09. The van der Waals surface area contributed by atoms with Gasteiger partial charge in [-0.05, 0) is 60.7 Å². The molecule has 0 atom stereocenters. The number of ether oxygens (including phenoxy) is 3. The van der Waals surface area contributed by atoms with Gasteiger partial charge in [0.05, 0.1) is 39.1 Å². The van der Waals surface area contributed by atoms with Gasteiger partial charge in [-0.3, -0.25) is 0 Å². The van der Waals surface area contributed by atoms with Crippen LogP contribution >= 0.6 is 92.8 Å². The molecular weight excluding hydrogens is 1010 g/mol. The van der Waals surface area contributed by atoms with Gasteiger partial charge in [-0.2, -0.15) is 0 Å². The molecule has 16 nitrogen and oxygen atoms in total. The third kappa shape index (κ3) is 19.7. The molecule has 6 aromatic carbocycles. The van der Waals surface area contributed by atoms with E-state index in [-0.39, 0.29) is 21.4 Å². The summed E-state index contributed by atoms with van der Waals surface area (Å²) in [5.74, 6) is 1.95. The van der Waals surface area contributed by atoms with Gasteiger partial charge >= 0.3 is 34.1 Å². The molecule has 0 aliphatic carbocycles. The molecule has 0 aliphatic rings. The normalized spacial score (nSPS) is 8.91. The lowest BCUT2D eigenvalue weighted by molar-refractivity contribution is 0.415. The van der Waals surface area contributed by atoms with Crippen molar-refractivity contribution in [1.29, 1.82) is 32.4 Å². The van der Waals surface area contributed by atoms with Gasteiger partial charge in [-0.25, -0.2) is 0 Å². The molecule has 330 valence electrons. The zero-order valence-electron chi connectivity index (χ0n) is 34.5. The molecule has 6 aromatic rings. The summed E-state index contributed by atoms with van der Waals surface area (Å²) in [7, 11) is 8.43. The zero-order valence-corrected chi connectivity index (χ0v) is 40.5. The highest BCUT2D eigenvalue weighted by Gasteiger charge is 2.19. The van der Waals surface area contributed by atoms with Gasteiger partial charge in [0.1, 0.15) is 36.6 Å². The Hall–Kier alpha value is -6.64. The lowest BCUT2D eigenvalue weighted by Gasteiger charge is -2.15. The fraction of sp³-hybridized carbons (Fsp3) is 0.122. The molecule has 0 bridgehead atoms. The van der Waals surface area contributed by atoms with E-state index in [0.717, 1.165) is 11.4 Å². The van der Waals surface area contributed by atoms with Gasteiger partial charge in [-0.1, -0.05) is 105 Å². The van der Waals surface area contributed by atoms with Gasteiger partial charge in [0.25, 0.3) is 0 Å². The minimum Gasteiger partial charge on any atom is -0.497 e. The molecule has 0 amide bonds. The molecule has 0 aliphatic heterocycles. The Morgan fingerprint density at radius 2 is 0.892 bits per heavy atom. The van der Waals surface area contributed by atoms with E-state index in [1.54, 1.807) is 87.0 Å². The first-order valence-corrected chi connectivity index (χ1v) is 20.5. The maximum Gasteiger partial charge on any atom is 0.426 e. The summed E-state index contributed by atoms with van der Waals surface area (Å²) in [4.78, 5) is 19.6. The van der Waals surface area contributed by atoms with E-state index in [2.05, 4.69) is 29.9 Å². The first-order valence-electron chi connectivity index (χ1n) is 17.4. The number of hydrogen-bond donors (Lipinski definition) is 0. The van der Waals surface area contributed by atoms with Crippen LogP contribution in [0.5, 0.6) is 17.2 Å². The van der Waals surface area contributed by atoms with Gasteiger partial charge in [0.2, 0.25) is 38.1 Å². The average molecular weight is 1040 g/mol. The molecule has 0 spiro atoms. The molecule has 0 N–H and O–H groups in total. The maximum atomic E-state index is 8.64. The van der Waals surface area contributed by atoms with E-state index >= 15 is 0 Å². The minimum absolute atomic E-state index is 0.137. The number of hydrogen-bond acceptors (Lipinski definition) is 10. The first-order chi connectivity index (χ1) is 31.0. The van der Waals surface area contributed by atoms with E-state index in [4.69, 9.17) is 139 Å². The Bertz CT molecular complexity index is 2770. The minimum atomic E-state index is 0.137. The van der Waals surface area contributed by atoms with Crippen molar-refractivity contribution in [1.82, 2.24) is 0 Å². The number of rotatable bonds is 4. The van der Waals surface area contributed by atoms with Crippen molar-refractivity contribution in [3.63, 3.8) is 0 Å². The standard InChI is InChI=1S/C9H11ClN3O.2C7H7N2O.C6H2Cl3N2.2C6H3Cl2N2/c1-13(2)8-4-6(10)7(12-11)5-9(8)14-3;1-10-7-4-2-6(9-8)3-5-7;1-10-7-5-3-2-4-6(7)9-8;7-3-1-4(8)6(11-10)5(9)2-3;7-4-1-2-6(10-9)5(8)3-4;7-4-1-2-5(8)6(3-4)10-9/h4-5H,1-3H3;2*2-5H,1H3;1-2H;2*1-3H/q6*+1. The van der Waals surface area contributed by atoms with E-state index < -0.39 is 0 Å². The summed E-state index contributed by atoms with van der Waals surface area (Å²) in [6, 6.07) is 29.3. The van der Waals surface area contributed by atoms with Crippen LogP contribution in [0.4, 0.5) is 39.8 Å². The second-order valence-corrected chi connectivity index (χ2v) is 15.1. The zero-order chi connectivity index (χ0) is 49.1. The van der Waals surface area contributed by atoms with E-state index in [1.165, 1.54) is 37.4 Å². The summed E-state index contributed by atoms with van der Waals surface area (Å²) in [5.41, 5.74) is 2.86. The lowest BCUT2D eigenvalue weighted by atomic mass is 10.2. The van der Waals surface area contributed by atoms with E-state index in [9.17, 15) is 0 Å². The predicted octanol–water partition coefficient (Wildman–Crippen LogP) is 18.3. The van der Waals surface area contributed by atoms with Crippen molar-refractivity contribution in [2.75, 3.05) is 40.3 Å². The van der Waals surface area contributed by atoms with Crippen LogP contribution in [0.15, 0.2) is 109 Å². The SMILES string of the molecule is COc1cc([N+]#N)c(Cl)cc1N(C)C.COc1ccc([N+]#N)cc1.COc1ccccc1[N+]#N.N#[N+]c1c(Cl)cc(Cl)cc1Cl.N#[N+]c1cc(Cl)ccc1Cl.N#[N+]c1ccc(Cl)cc1Cl. The van der Waals surface area contributed by atoms with Gasteiger partial charge < -0.3 is 19.1 Å². The molecule has 0 unspecified atom stereocenters. The Morgan fingerprint density at radius 1 is 0.400 bits per heavy atom. The van der Waals surface area contributed by atoms with Crippen molar-refractivity contribution in [3.05, 3.63) is 179 Å². The third-order valence-corrected chi connectivity index (χ3v) is 9.52. The molecule has 65 heavy (non-hydrogen) atoms. The topological polar surface area (TPSA) is 200 Å². The molecule has 0 heterocycles. The number of methoxy groups -OCH3 is 3. The van der Waals surface area contributed by atoms with Gasteiger partial charge in [0.15, 0.2) is 29.9 Å². The Kier molecular flexibility index (Phi) is 26.4. The Balaban J connectivity index is 0.000000392. The molecule has 0 radical (unpaired) electrons. The van der Waals surface area contributed by atoms with Crippen LogP contribution in [0, 0.1) is 32.4 Å². The fourth-order valence-electron chi connectivity index (χ4n) is 4.24. The number of anilines is 1. The van der Waals surface area contributed by atoms with Crippen molar-refractivity contribution in [2.24, 2.45) is 0 Å². The monoisotopic (exact) mass is 1040 g/mol. The molecule has 0 fully saturated rings. The van der Waals surface area contributed by atoms with E-state index in [1.807, 2.05) is 25.1 Å². The van der Waals surface area contributed by atoms with Crippen LogP contribution in [-0.4, -0.2) is 35.4 Å². The molecule has 0 aromatic heterocycles. The fourth-order valence-corrected chi connectivity index (χ4v) is 6.09. The van der Waals surface area contributed by atoms with Crippen molar-refractivity contribution in [2.45, 2.75) is 0 Å². The molecule has 24 heteroatoms. The summed E-state index contributed by atoms with van der Waals surface area (Å²) in [6.07, 6.45) is 0. The van der Waals surface area contributed by atoms with Gasteiger partial charge in [0, 0.05) is 53.4 Å². The number of halogens is 8. The summed E-state index contributed by atoms with van der Waals surface area (Å²) in [6.45, 7) is 0. The van der Waals surface area contributed by atoms with Crippen LogP contribution in [0.25, 0.3) is 29.9 Å². The van der Waals surface area contributed by atoms with Crippen LogP contribution in [0.1, 0.15) is 0 Å². The third-order valence-electron chi connectivity index (χ3n) is 7.33. The average Bonchev–Trinajstić information content (AvgIpc) is 3.30. The van der Waals surface area contributed by atoms with Crippen molar-refractivity contribution in [3.8, 4) is 17.2 Å². The molecular formula is C41H33Cl8N13O3+6. The summed E-state index contributed by atoms with van der Waals surface area (Å²) in [5, 5.41) is 53.4. The second kappa shape index (κ2) is 30.4. The predicted molar refractivity (Wildman–Crippen MR) is 261 cm³/mol. The first kappa shape index (κ1) is 56.4. The summed E-state index contributed by atoms with van der Waals surface area (Å²) < 4.78 is 14.9. The second-order valence-electron chi connectivity index (χ2n) is 11.7. The largest absolute Gasteiger partial charge is 0.497 e. The highest BCUT2D eigenvalue weighted by molar-refractivity contribution is 6.42. The molecule has 0 saturated carbocycles. The van der Waals surface area contributed by atoms with E-state index in [0.29, 0.717) is 64.4 Å². The number of diazo groups is 6. The van der Waals surface area contributed by atoms with Crippen molar-refractivity contribution < 1.29 is 14.2 Å². The van der Waals surface area contributed by atoms with Crippen LogP contribution in [-0.2, 0) is 0 Å². The molecule has 6 rings (SSSR count). The Labute approximate surface area is 413 Å². The van der Waals surface area contributed by atoms with Crippen LogP contribution in [0.3, 0.4) is 0 Å². The Morgan fingerprint density at radius 3 is 1.34 bits per heavy atom. The van der Waals surface area contributed by atoms with Crippen molar-refractivity contribution >= 4 is 133 Å². The molecule has 0 saturated heterocycles. The van der Waals surface area contributed by atoms with Crippen LogP contribution < -0.4 is 19.1 Å². The number of benzene rings is 6. The smallest absolute Gasteiger partial charge is 0.426 e. The highest BCUT2D eigenvalue weighted by Crippen LogP contribution is 2.38. The number of nitrogens with zero attached hydrogens (tertiary/aromatic N) is 13. The van der Waals surface area contributed by atoms with Gasteiger partial charge in [-0.15, -0.1) is 0 Å². The highest BCUT2D eigenvalue weighted by atomic mass is 35.5. The number of para-hydroxylation sites is 1.